The SMILES string of the molecule is CCN1CCCC[C@H]1C(=O)NCCCOc1c(-c2cnc(CO)s2)ccc2ncc(N)nc12. The third-order valence-corrected chi connectivity index (χ3v) is 6.85. The standard InChI is InChI=1S/C23H30N6O3S/c1-2-29-10-4-3-6-17(29)23(31)25-9-5-11-32-22-15(18-12-27-20(14-30)33-18)7-8-16-21(22)28-19(24)13-26-16/h7-8,12-13,17,30H,2-6,9-11,14H2,1H3,(H2,24,28)(H,25,31)/t17-/m0/s1. The van der Waals surface area contributed by atoms with E-state index in [0.717, 1.165) is 42.8 Å². The van der Waals surface area contributed by atoms with Crippen molar-refractivity contribution >= 4 is 34.1 Å². The Morgan fingerprint density at radius 2 is 2.21 bits per heavy atom. The van der Waals surface area contributed by atoms with E-state index in [4.69, 9.17) is 10.5 Å². The number of benzene rings is 1. The normalized spacial score (nSPS) is 16.7. The molecule has 9 nitrogen and oxygen atoms in total. The molecule has 3 aromatic rings. The number of aromatic nitrogens is 3. The van der Waals surface area contributed by atoms with E-state index in [1.165, 1.54) is 17.5 Å². The summed E-state index contributed by atoms with van der Waals surface area (Å²) >= 11 is 1.40. The number of rotatable bonds is 9. The van der Waals surface area contributed by atoms with Crippen molar-refractivity contribution in [2.45, 2.75) is 45.3 Å². The van der Waals surface area contributed by atoms with Gasteiger partial charge >= 0.3 is 0 Å². The van der Waals surface area contributed by atoms with Crippen LogP contribution in [0.25, 0.3) is 21.5 Å². The van der Waals surface area contributed by atoms with Crippen molar-refractivity contribution in [2.24, 2.45) is 0 Å². The van der Waals surface area contributed by atoms with Crippen LogP contribution in [0.15, 0.2) is 24.5 Å². The molecule has 1 aliphatic heterocycles. The minimum Gasteiger partial charge on any atom is -0.490 e. The Morgan fingerprint density at radius 1 is 1.33 bits per heavy atom. The summed E-state index contributed by atoms with van der Waals surface area (Å²) in [4.78, 5) is 28.8. The predicted molar refractivity (Wildman–Crippen MR) is 129 cm³/mol. The van der Waals surface area contributed by atoms with Crippen LogP contribution in [-0.4, -0.2) is 63.1 Å². The van der Waals surface area contributed by atoms with Gasteiger partial charge in [-0.15, -0.1) is 11.3 Å². The van der Waals surface area contributed by atoms with E-state index in [1.54, 1.807) is 6.20 Å². The summed E-state index contributed by atoms with van der Waals surface area (Å²) < 4.78 is 6.17. The van der Waals surface area contributed by atoms with E-state index in [1.807, 2.05) is 12.1 Å². The van der Waals surface area contributed by atoms with Crippen molar-refractivity contribution in [3.05, 3.63) is 29.5 Å². The molecule has 1 aliphatic rings. The van der Waals surface area contributed by atoms with Gasteiger partial charge in [-0.05, 0) is 44.5 Å². The number of hydrogen-bond acceptors (Lipinski definition) is 9. The zero-order valence-corrected chi connectivity index (χ0v) is 19.6. The molecule has 1 atom stereocenters. The summed E-state index contributed by atoms with van der Waals surface area (Å²) in [7, 11) is 0. The predicted octanol–water partition coefficient (Wildman–Crippen LogP) is 2.59. The molecule has 2 aromatic heterocycles. The molecule has 3 heterocycles. The van der Waals surface area contributed by atoms with Crippen LogP contribution in [0.1, 0.15) is 37.6 Å². The Bertz CT molecular complexity index is 1100. The number of carbonyl (C=O) groups excluding carboxylic acids is 1. The summed E-state index contributed by atoms with van der Waals surface area (Å²) in [6.07, 6.45) is 7.06. The third kappa shape index (κ3) is 5.40. The maximum Gasteiger partial charge on any atom is 0.237 e. The van der Waals surface area contributed by atoms with Crippen molar-refractivity contribution in [1.82, 2.24) is 25.2 Å². The summed E-state index contributed by atoms with van der Waals surface area (Å²) in [5.41, 5.74) is 7.97. The first-order chi connectivity index (χ1) is 16.1. The number of nitrogen functional groups attached to an aromatic ring is 1. The Kier molecular flexibility index (Phi) is 7.69. The van der Waals surface area contributed by atoms with Gasteiger partial charge in [0.1, 0.15) is 16.3 Å². The van der Waals surface area contributed by atoms with Gasteiger partial charge in [0.15, 0.2) is 5.75 Å². The first-order valence-corrected chi connectivity index (χ1v) is 12.2. The zero-order chi connectivity index (χ0) is 23.2. The number of ether oxygens (including phenoxy) is 1. The van der Waals surface area contributed by atoms with Gasteiger partial charge in [-0.1, -0.05) is 13.3 Å². The molecule has 0 radical (unpaired) electrons. The molecule has 176 valence electrons. The van der Waals surface area contributed by atoms with Crippen LogP contribution < -0.4 is 15.8 Å². The average Bonchev–Trinajstić information content (AvgIpc) is 3.32. The molecule has 33 heavy (non-hydrogen) atoms. The van der Waals surface area contributed by atoms with E-state index in [2.05, 4.69) is 32.1 Å². The Balaban J connectivity index is 1.43. The third-order valence-electron chi connectivity index (χ3n) is 5.83. The highest BCUT2D eigenvalue weighted by atomic mass is 32.1. The molecule has 1 aromatic carbocycles. The Hall–Kier alpha value is -2.82. The van der Waals surface area contributed by atoms with Gasteiger partial charge in [-0.25, -0.2) is 9.97 Å². The van der Waals surface area contributed by atoms with E-state index >= 15 is 0 Å². The lowest BCUT2D eigenvalue weighted by molar-refractivity contribution is -0.127. The number of nitrogens with two attached hydrogens (primary N) is 1. The topological polar surface area (TPSA) is 126 Å². The lowest BCUT2D eigenvalue weighted by Crippen LogP contribution is -2.49. The number of nitrogens with zero attached hydrogens (tertiary/aromatic N) is 4. The molecule has 1 fully saturated rings. The van der Waals surface area contributed by atoms with Gasteiger partial charge in [-0.2, -0.15) is 0 Å². The zero-order valence-electron chi connectivity index (χ0n) is 18.8. The van der Waals surface area contributed by atoms with Crippen molar-refractivity contribution in [3.8, 4) is 16.2 Å². The monoisotopic (exact) mass is 470 g/mol. The fourth-order valence-corrected chi connectivity index (χ4v) is 4.96. The number of piperidine rings is 1. The highest BCUT2D eigenvalue weighted by Crippen LogP contribution is 2.38. The number of nitrogens with one attached hydrogen (secondary N) is 1. The molecule has 4 N–H and O–H groups in total. The molecule has 0 bridgehead atoms. The number of aliphatic hydroxyl groups excluding tert-OH is 1. The van der Waals surface area contributed by atoms with Crippen LogP contribution in [0, 0.1) is 0 Å². The first kappa shape index (κ1) is 23.3. The second-order valence-corrected chi connectivity index (χ2v) is 9.13. The first-order valence-electron chi connectivity index (χ1n) is 11.4. The van der Waals surface area contributed by atoms with Gasteiger partial charge in [0.25, 0.3) is 0 Å². The van der Waals surface area contributed by atoms with Crippen LogP contribution in [0.4, 0.5) is 5.82 Å². The quantitative estimate of drug-likeness (QED) is 0.407. The number of fused-ring (bicyclic) bond motifs is 1. The van der Waals surface area contributed by atoms with Crippen LogP contribution in [0.3, 0.4) is 0 Å². The number of thiazole rings is 1. The van der Waals surface area contributed by atoms with Crippen LogP contribution >= 0.6 is 11.3 Å². The number of carbonyl (C=O) groups is 1. The Morgan fingerprint density at radius 3 is 3.00 bits per heavy atom. The molecular weight excluding hydrogens is 440 g/mol. The van der Waals surface area contributed by atoms with Gasteiger partial charge in [0, 0.05) is 18.3 Å². The number of likely N-dealkylation sites (N-methyl/N-ethyl adjacent to an activating group) is 1. The van der Waals surface area contributed by atoms with Gasteiger partial charge in [-0.3, -0.25) is 14.7 Å². The fraction of sp³-hybridized carbons (Fsp3) is 0.478. The van der Waals surface area contributed by atoms with Gasteiger partial charge in [0.2, 0.25) is 5.91 Å². The summed E-state index contributed by atoms with van der Waals surface area (Å²) in [5, 5.41) is 13.1. The molecule has 0 saturated carbocycles. The molecule has 0 aliphatic carbocycles. The smallest absolute Gasteiger partial charge is 0.237 e. The maximum absolute atomic E-state index is 12.6. The van der Waals surface area contributed by atoms with Crippen molar-refractivity contribution in [1.29, 1.82) is 0 Å². The number of hydrogen-bond donors (Lipinski definition) is 3. The van der Waals surface area contributed by atoms with E-state index < -0.39 is 0 Å². The molecule has 1 amide bonds. The molecule has 0 unspecified atom stereocenters. The number of amides is 1. The highest BCUT2D eigenvalue weighted by molar-refractivity contribution is 7.15. The van der Waals surface area contributed by atoms with Gasteiger partial charge < -0.3 is 20.9 Å². The maximum atomic E-state index is 12.6. The second-order valence-electron chi connectivity index (χ2n) is 8.01. The lowest BCUT2D eigenvalue weighted by Gasteiger charge is -2.33. The average molecular weight is 471 g/mol. The molecule has 0 spiro atoms. The minimum absolute atomic E-state index is 0.0281. The van der Waals surface area contributed by atoms with Crippen LogP contribution in [0.2, 0.25) is 0 Å². The van der Waals surface area contributed by atoms with E-state index in [9.17, 15) is 9.90 Å². The highest BCUT2D eigenvalue weighted by Gasteiger charge is 2.27. The van der Waals surface area contributed by atoms with Crippen LogP contribution in [-0.2, 0) is 11.4 Å². The molecule has 4 rings (SSSR count). The second kappa shape index (κ2) is 10.9. The number of aliphatic hydroxyl groups is 1. The van der Waals surface area contributed by atoms with Crippen molar-refractivity contribution < 1.29 is 14.6 Å². The molecule has 10 heteroatoms. The van der Waals surface area contributed by atoms with Gasteiger partial charge in [0.05, 0.1) is 35.8 Å². The summed E-state index contributed by atoms with van der Waals surface area (Å²) in [5.74, 6) is 0.989. The minimum atomic E-state index is -0.114. The van der Waals surface area contributed by atoms with E-state index in [-0.39, 0.29) is 18.6 Å². The molecule has 1 saturated heterocycles. The summed E-state index contributed by atoms with van der Waals surface area (Å²) in [6.45, 7) is 4.81. The van der Waals surface area contributed by atoms with Crippen LogP contribution in [0.5, 0.6) is 5.75 Å². The van der Waals surface area contributed by atoms with Crippen molar-refractivity contribution in [3.63, 3.8) is 0 Å². The largest absolute Gasteiger partial charge is 0.490 e. The van der Waals surface area contributed by atoms with Crippen molar-refractivity contribution in [2.75, 3.05) is 32.0 Å². The lowest BCUT2D eigenvalue weighted by atomic mass is 10.0. The van der Waals surface area contributed by atoms with E-state index in [0.29, 0.717) is 47.2 Å². The number of anilines is 1. The Labute approximate surface area is 197 Å². The fourth-order valence-electron chi connectivity index (χ4n) is 4.16. The summed E-state index contributed by atoms with van der Waals surface area (Å²) in [6, 6.07) is 3.76. The number of likely N-dealkylation sites (tertiary alicyclic amines) is 1. The molecular formula is C23H30N6O3S.